The third-order valence-electron chi connectivity index (χ3n) is 7.90. The zero-order valence-corrected chi connectivity index (χ0v) is 22.0. The van der Waals surface area contributed by atoms with Gasteiger partial charge in [0.05, 0.1) is 19.3 Å². The normalized spacial score (nSPS) is 24.2. The lowest BCUT2D eigenvalue weighted by Gasteiger charge is -2.19. The molecule has 1 saturated carbocycles. The van der Waals surface area contributed by atoms with Crippen LogP contribution in [0, 0.1) is 17.8 Å². The van der Waals surface area contributed by atoms with Crippen LogP contribution in [0.5, 0.6) is 0 Å². The SMILES string of the molecule is CC(C)(C)c1noc(C(=O)N[C@H]2CCCCc3cc(-c4ccnc(NC(=O)C5[C@H]6COC[C@@H]56)c4)ccc32)n1. The van der Waals surface area contributed by atoms with Crippen LogP contribution >= 0.6 is 0 Å². The molecule has 9 heteroatoms. The van der Waals surface area contributed by atoms with Crippen molar-refractivity contribution < 1.29 is 18.8 Å². The predicted molar refractivity (Wildman–Crippen MR) is 140 cm³/mol. The Labute approximate surface area is 221 Å². The Hall–Kier alpha value is -3.59. The summed E-state index contributed by atoms with van der Waals surface area (Å²) in [6, 6.07) is 10.1. The fourth-order valence-electron chi connectivity index (χ4n) is 5.67. The molecule has 198 valence electrons. The minimum absolute atomic E-state index is 0.00828. The van der Waals surface area contributed by atoms with Crippen LogP contribution in [0.1, 0.15) is 73.7 Å². The van der Waals surface area contributed by atoms with Crippen LogP contribution in [-0.4, -0.2) is 40.2 Å². The first kappa shape index (κ1) is 24.7. The molecule has 2 N–H and O–H groups in total. The van der Waals surface area contributed by atoms with E-state index in [4.69, 9.17) is 9.26 Å². The summed E-state index contributed by atoms with van der Waals surface area (Å²) in [6.45, 7) is 7.29. The van der Waals surface area contributed by atoms with Crippen molar-refractivity contribution in [3.63, 3.8) is 0 Å². The fourth-order valence-corrected chi connectivity index (χ4v) is 5.67. The van der Waals surface area contributed by atoms with E-state index < -0.39 is 0 Å². The van der Waals surface area contributed by atoms with Crippen LogP contribution in [0.2, 0.25) is 0 Å². The summed E-state index contributed by atoms with van der Waals surface area (Å²) in [7, 11) is 0. The molecule has 2 amide bonds. The third kappa shape index (κ3) is 4.82. The summed E-state index contributed by atoms with van der Waals surface area (Å²) in [6.07, 6.45) is 5.56. The number of carbonyl (C=O) groups is 2. The van der Waals surface area contributed by atoms with Crippen LogP contribution in [0.3, 0.4) is 0 Å². The highest BCUT2D eigenvalue weighted by Crippen LogP contribution is 2.51. The van der Waals surface area contributed by atoms with Crippen LogP contribution < -0.4 is 10.6 Å². The Morgan fingerprint density at radius 1 is 1.03 bits per heavy atom. The van der Waals surface area contributed by atoms with Gasteiger partial charge in [0.1, 0.15) is 5.82 Å². The van der Waals surface area contributed by atoms with Gasteiger partial charge in [-0.15, -0.1) is 0 Å². The number of nitrogens with one attached hydrogen (secondary N) is 2. The molecule has 3 heterocycles. The van der Waals surface area contributed by atoms with Crippen molar-refractivity contribution in [3.05, 3.63) is 59.4 Å². The summed E-state index contributed by atoms with van der Waals surface area (Å²) in [4.78, 5) is 34.3. The van der Waals surface area contributed by atoms with Crippen molar-refractivity contribution >= 4 is 17.6 Å². The van der Waals surface area contributed by atoms with Crippen LogP contribution in [-0.2, 0) is 21.4 Å². The lowest BCUT2D eigenvalue weighted by atomic mass is 9.94. The number of pyridine rings is 1. The first-order valence-corrected chi connectivity index (χ1v) is 13.4. The highest BCUT2D eigenvalue weighted by Gasteiger charge is 2.58. The molecule has 3 aliphatic rings. The minimum Gasteiger partial charge on any atom is -0.381 e. The molecule has 4 atom stereocenters. The molecule has 2 fully saturated rings. The highest BCUT2D eigenvalue weighted by atomic mass is 16.5. The van der Waals surface area contributed by atoms with Gasteiger partial charge in [-0.2, -0.15) is 4.98 Å². The second-order valence-electron chi connectivity index (χ2n) is 11.7. The molecule has 1 aliphatic heterocycles. The van der Waals surface area contributed by atoms with Crippen molar-refractivity contribution in [1.29, 1.82) is 0 Å². The van der Waals surface area contributed by atoms with Gasteiger partial charge in [0, 0.05) is 17.5 Å². The average molecular weight is 516 g/mol. The number of aryl methyl sites for hydroxylation is 1. The zero-order valence-electron chi connectivity index (χ0n) is 22.0. The number of anilines is 1. The molecule has 1 saturated heterocycles. The molecule has 2 aliphatic carbocycles. The van der Waals surface area contributed by atoms with E-state index in [0.717, 1.165) is 42.4 Å². The van der Waals surface area contributed by atoms with Crippen LogP contribution in [0.15, 0.2) is 41.1 Å². The minimum atomic E-state index is -0.351. The number of aromatic nitrogens is 3. The van der Waals surface area contributed by atoms with E-state index in [1.54, 1.807) is 6.20 Å². The Bertz CT molecular complexity index is 1370. The molecular weight excluding hydrogens is 482 g/mol. The quantitative estimate of drug-likeness (QED) is 0.482. The lowest BCUT2D eigenvalue weighted by Crippen LogP contribution is -2.29. The second-order valence-corrected chi connectivity index (χ2v) is 11.7. The Balaban J connectivity index is 1.18. The van der Waals surface area contributed by atoms with Crippen molar-refractivity contribution in [2.24, 2.45) is 17.8 Å². The first-order chi connectivity index (χ1) is 18.3. The molecule has 0 radical (unpaired) electrons. The van der Waals surface area contributed by atoms with Crippen molar-refractivity contribution in [1.82, 2.24) is 20.4 Å². The van der Waals surface area contributed by atoms with E-state index in [1.807, 2.05) is 32.9 Å². The van der Waals surface area contributed by atoms with Crippen molar-refractivity contribution in [2.45, 2.75) is 57.9 Å². The number of hydrogen-bond acceptors (Lipinski definition) is 7. The van der Waals surface area contributed by atoms with Gasteiger partial charge in [0.2, 0.25) is 5.91 Å². The van der Waals surface area contributed by atoms with Gasteiger partial charge in [0.25, 0.3) is 0 Å². The third-order valence-corrected chi connectivity index (χ3v) is 7.90. The van der Waals surface area contributed by atoms with Gasteiger partial charge < -0.3 is 19.9 Å². The van der Waals surface area contributed by atoms with Crippen molar-refractivity contribution in [2.75, 3.05) is 18.5 Å². The fraction of sp³-hybridized carbons (Fsp3) is 0.483. The molecule has 38 heavy (non-hydrogen) atoms. The maximum Gasteiger partial charge on any atom is 0.315 e. The van der Waals surface area contributed by atoms with E-state index in [9.17, 15) is 9.59 Å². The van der Waals surface area contributed by atoms with E-state index in [-0.39, 0.29) is 35.1 Å². The summed E-state index contributed by atoms with van der Waals surface area (Å²) in [5.74, 6) is 1.50. The second kappa shape index (κ2) is 9.62. The predicted octanol–water partition coefficient (Wildman–Crippen LogP) is 4.46. The zero-order chi connectivity index (χ0) is 26.4. The van der Waals surface area contributed by atoms with Crippen molar-refractivity contribution in [3.8, 4) is 11.1 Å². The van der Waals surface area contributed by atoms with E-state index in [1.165, 1.54) is 5.56 Å². The Morgan fingerprint density at radius 2 is 1.82 bits per heavy atom. The summed E-state index contributed by atoms with van der Waals surface area (Å²) < 4.78 is 10.7. The highest BCUT2D eigenvalue weighted by molar-refractivity contribution is 5.94. The number of benzene rings is 1. The van der Waals surface area contributed by atoms with E-state index in [0.29, 0.717) is 36.7 Å². The molecule has 3 aromatic rings. The number of nitrogens with zero attached hydrogens (tertiary/aromatic N) is 3. The van der Waals surface area contributed by atoms with Gasteiger partial charge in [0.15, 0.2) is 5.82 Å². The molecular formula is C29H33N5O4. The molecule has 0 spiro atoms. The average Bonchev–Trinajstić information content (AvgIpc) is 3.19. The smallest absolute Gasteiger partial charge is 0.315 e. The van der Waals surface area contributed by atoms with Gasteiger partial charge in [-0.05, 0) is 65.5 Å². The topological polar surface area (TPSA) is 119 Å². The first-order valence-electron chi connectivity index (χ1n) is 13.4. The molecule has 9 nitrogen and oxygen atoms in total. The number of carbonyl (C=O) groups excluding carboxylic acids is 2. The summed E-state index contributed by atoms with van der Waals surface area (Å²) in [5.41, 5.74) is 4.06. The molecule has 2 aromatic heterocycles. The number of hydrogen-bond donors (Lipinski definition) is 2. The van der Waals surface area contributed by atoms with Gasteiger partial charge >= 0.3 is 11.8 Å². The molecule has 6 rings (SSSR count). The summed E-state index contributed by atoms with van der Waals surface area (Å²) >= 11 is 0. The molecule has 0 bridgehead atoms. The Kier molecular flexibility index (Phi) is 6.26. The number of fused-ring (bicyclic) bond motifs is 2. The monoisotopic (exact) mass is 515 g/mol. The lowest BCUT2D eigenvalue weighted by molar-refractivity contribution is -0.118. The van der Waals surface area contributed by atoms with Gasteiger partial charge in [-0.25, -0.2) is 4.98 Å². The number of rotatable bonds is 5. The largest absolute Gasteiger partial charge is 0.381 e. The van der Waals surface area contributed by atoms with Gasteiger partial charge in [-0.3, -0.25) is 9.59 Å². The standard InChI is InChI=1S/C29H33N5O4/c1-29(2,3)28-33-27(38-34-28)26(36)31-22-7-5-4-6-18-12-16(8-9-19(18)22)17-10-11-30-23(13-17)32-25(35)24-20-14-37-15-21(20)24/h8-13,20-22,24H,4-7,14-15H2,1-3H3,(H,31,36)(H,30,32,35)/t20-,21+,22-,24?/m0/s1. The van der Waals surface area contributed by atoms with E-state index >= 15 is 0 Å². The molecule has 1 aromatic carbocycles. The number of amides is 2. The van der Waals surface area contributed by atoms with Gasteiger partial charge in [-0.1, -0.05) is 50.5 Å². The maximum atomic E-state index is 12.9. The van der Waals surface area contributed by atoms with E-state index in [2.05, 4.69) is 44.0 Å². The van der Waals surface area contributed by atoms with Crippen LogP contribution in [0.4, 0.5) is 5.82 Å². The van der Waals surface area contributed by atoms with Crippen LogP contribution in [0.25, 0.3) is 11.1 Å². The Morgan fingerprint density at radius 3 is 2.58 bits per heavy atom. The molecule has 1 unspecified atom stereocenters. The summed E-state index contributed by atoms with van der Waals surface area (Å²) in [5, 5.41) is 10.1. The maximum absolute atomic E-state index is 12.9. The number of ether oxygens (including phenoxy) is 1.